The molecule has 2 heterocycles. The standard InChI is InChI=1S/C15H19N3O/c19-14-4-2-13(3-5-14)15-6-1-12(9-17-15)10-18-8-7-16-11-18/h2-5,7-8,11-12,15,17,19H,1,6,9-10H2. The lowest BCUT2D eigenvalue weighted by Gasteiger charge is -2.30. The molecule has 19 heavy (non-hydrogen) atoms. The van der Waals surface area contributed by atoms with Gasteiger partial charge in [0, 0.05) is 31.5 Å². The summed E-state index contributed by atoms with van der Waals surface area (Å²) in [7, 11) is 0. The van der Waals surface area contributed by atoms with Crippen LogP contribution >= 0.6 is 0 Å². The Kier molecular flexibility index (Phi) is 3.51. The van der Waals surface area contributed by atoms with Gasteiger partial charge < -0.3 is 15.0 Å². The molecule has 0 bridgehead atoms. The van der Waals surface area contributed by atoms with E-state index in [0.717, 1.165) is 19.5 Å². The largest absolute Gasteiger partial charge is 0.508 e. The summed E-state index contributed by atoms with van der Waals surface area (Å²) >= 11 is 0. The summed E-state index contributed by atoms with van der Waals surface area (Å²) in [4.78, 5) is 4.08. The van der Waals surface area contributed by atoms with E-state index in [4.69, 9.17) is 0 Å². The number of imidazole rings is 1. The maximum Gasteiger partial charge on any atom is 0.115 e. The van der Waals surface area contributed by atoms with Crippen molar-refractivity contribution < 1.29 is 5.11 Å². The Morgan fingerprint density at radius 3 is 2.74 bits per heavy atom. The van der Waals surface area contributed by atoms with Crippen molar-refractivity contribution >= 4 is 0 Å². The maximum atomic E-state index is 9.31. The van der Waals surface area contributed by atoms with Gasteiger partial charge >= 0.3 is 0 Å². The number of rotatable bonds is 3. The normalized spacial score (nSPS) is 23.4. The molecule has 1 aliphatic rings. The van der Waals surface area contributed by atoms with E-state index in [1.807, 2.05) is 30.9 Å². The number of piperidine rings is 1. The van der Waals surface area contributed by atoms with E-state index in [0.29, 0.717) is 17.7 Å². The van der Waals surface area contributed by atoms with Crippen LogP contribution in [0.1, 0.15) is 24.4 Å². The number of nitrogens with zero attached hydrogens (tertiary/aromatic N) is 2. The first-order valence-electron chi connectivity index (χ1n) is 6.79. The van der Waals surface area contributed by atoms with Crippen molar-refractivity contribution in [1.82, 2.24) is 14.9 Å². The number of aromatic hydroxyl groups is 1. The lowest BCUT2D eigenvalue weighted by molar-refractivity contribution is 0.287. The monoisotopic (exact) mass is 257 g/mol. The van der Waals surface area contributed by atoms with Crippen LogP contribution in [0.4, 0.5) is 0 Å². The minimum absolute atomic E-state index is 0.331. The number of phenols is 1. The van der Waals surface area contributed by atoms with Gasteiger partial charge in [-0.15, -0.1) is 0 Å². The van der Waals surface area contributed by atoms with Crippen LogP contribution in [0.25, 0.3) is 0 Å². The highest BCUT2D eigenvalue weighted by molar-refractivity contribution is 5.28. The second-order valence-electron chi connectivity index (χ2n) is 5.26. The van der Waals surface area contributed by atoms with Crippen LogP contribution in [0.3, 0.4) is 0 Å². The topological polar surface area (TPSA) is 50.1 Å². The van der Waals surface area contributed by atoms with Gasteiger partial charge in [-0.3, -0.25) is 0 Å². The van der Waals surface area contributed by atoms with Gasteiger partial charge in [-0.2, -0.15) is 0 Å². The van der Waals surface area contributed by atoms with Crippen LogP contribution < -0.4 is 5.32 Å². The van der Waals surface area contributed by atoms with Crippen LogP contribution in [0, 0.1) is 5.92 Å². The molecule has 4 heteroatoms. The summed E-state index contributed by atoms with van der Waals surface area (Å²) in [5.41, 5.74) is 1.26. The SMILES string of the molecule is Oc1ccc(C2CCC(Cn3ccnc3)CN2)cc1. The molecule has 1 saturated heterocycles. The van der Waals surface area contributed by atoms with Crippen LogP contribution in [0.5, 0.6) is 5.75 Å². The van der Waals surface area contributed by atoms with Crippen LogP contribution in [0.15, 0.2) is 43.0 Å². The summed E-state index contributed by atoms with van der Waals surface area (Å²) in [5.74, 6) is 1.00. The van der Waals surface area contributed by atoms with Crippen molar-refractivity contribution in [3.8, 4) is 5.75 Å². The Morgan fingerprint density at radius 1 is 1.26 bits per heavy atom. The fraction of sp³-hybridized carbons (Fsp3) is 0.400. The highest BCUT2D eigenvalue weighted by atomic mass is 16.3. The molecule has 0 saturated carbocycles. The zero-order valence-electron chi connectivity index (χ0n) is 10.9. The number of aromatic nitrogens is 2. The van der Waals surface area contributed by atoms with Gasteiger partial charge in [0.15, 0.2) is 0 Å². The summed E-state index contributed by atoms with van der Waals surface area (Å²) in [5, 5.41) is 12.9. The van der Waals surface area contributed by atoms with Crippen molar-refractivity contribution in [2.75, 3.05) is 6.54 Å². The van der Waals surface area contributed by atoms with Crippen molar-refractivity contribution in [2.45, 2.75) is 25.4 Å². The van der Waals surface area contributed by atoms with E-state index in [1.54, 1.807) is 12.1 Å². The van der Waals surface area contributed by atoms with Gasteiger partial charge in [0.1, 0.15) is 5.75 Å². The minimum atomic E-state index is 0.331. The van der Waals surface area contributed by atoms with Crippen molar-refractivity contribution in [3.63, 3.8) is 0 Å². The highest BCUT2D eigenvalue weighted by Gasteiger charge is 2.21. The molecule has 1 fully saturated rings. The van der Waals surface area contributed by atoms with E-state index >= 15 is 0 Å². The smallest absolute Gasteiger partial charge is 0.115 e. The maximum absolute atomic E-state index is 9.31. The molecule has 0 spiro atoms. The summed E-state index contributed by atoms with van der Waals surface area (Å²) in [6.45, 7) is 2.07. The predicted molar refractivity (Wildman–Crippen MR) is 73.8 cm³/mol. The molecule has 2 atom stereocenters. The van der Waals surface area contributed by atoms with Gasteiger partial charge in [-0.05, 0) is 36.5 Å². The first-order chi connectivity index (χ1) is 9.31. The van der Waals surface area contributed by atoms with Crippen molar-refractivity contribution in [1.29, 1.82) is 0 Å². The second kappa shape index (κ2) is 5.45. The summed E-state index contributed by atoms with van der Waals surface area (Å²) in [6, 6.07) is 7.94. The molecule has 100 valence electrons. The third-order valence-electron chi connectivity index (χ3n) is 3.84. The number of phenolic OH excluding ortho intramolecular Hbond substituents is 1. The molecular formula is C15H19N3O. The molecule has 0 aliphatic carbocycles. The third-order valence-corrected chi connectivity index (χ3v) is 3.84. The van der Waals surface area contributed by atoms with Gasteiger partial charge in [-0.25, -0.2) is 4.98 Å². The predicted octanol–water partition coefficient (Wildman–Crippen LogP) is 2.33. The Labute approximate surface area is 113 Å². The Balaban J connectivity index is 1.56. The first-order valence-corrected chi connectivity index (χ1v) is 6.79. The highest BCUT2D eigenvalue weighted by Crippen LogP contribution is 2.27. The minimum Gasteiger partial charge on any atom is -0.508 e. The van der Waals surface area contributed by atoms with Crippen molar-refractivity contribution in [2.24, 2.45) is 5.92 Å². The van der Waals surface area contributed by atoms with Gasteiger partial charge in [0.05, 0.1) is 6.33 Å². The molecule has 0 amide bonds. The Morgan fingerprint density at radius 2 is 2.11 bits per heavy atom. The van der Waals surface area contributed by atoms with Gasteiger partial charge in [0.25, 0.3) is 0 Å². The second-order valence-corrected chi connectivity index (χ2v) is 5.26. The number of benzene rings is 1. The fourth-order valence-corrected chi connectivity index (χ4v) is 2.76. The zero-order valence-corrected chi connectivity index (χ0v) is 10.9. The lowest BCUT2D eigenvalue weighted by atomic mass is 9.91. The molecule has 2 aromatic rings. The average Bonchev–Trinajstić information content (AvgIpc) is 2.94. The first kappa shape index (κ1) is 12.2. The van der Waals surface area contributed by atoms with Crippen LogP contribution in [0.2, 0.25) is 0 Å². The zero-order chi connectivity index (χ0) is 13.1. The van der Waals surface area contributed by atoms with E-state index in [2.05, 4.69) is 14.9 Å². The molecule has 0 radical (unpaired) electrons. The fourth-order valence-electron chi connectivity index (χ4n) is 2.76. The van der Waals surface area contributed by atoms with Crippen LogP contribution in [-0.2, 0) is 6.54 Å². The Hall–Kier alpha value is -1.81. The number of hydrogen-bond acceptors (Lipinski definition) is 3. The molecular weight excluding hydrogens is 238 g/mol. The van der Waals surface area contributed by atoms with E-state index in [-0.39, 0.29) is 0 Å². The molecule has 3 rings (SSSR count). The lowest BCUT2D eigenvalue weighted by Crippen LogP contribution is -2.34. The Bertz CT molecular complexity index is 499. The number of nitrogens with one attached hydrogen (secondary N) is 1. The van der Waals surface area contributed by atoms with E-state index in [1.165, 1.54) is 12.0 Å². The van der Waals surface area contributed by atoms with E-state index < -0.39 is 0 Å². The third kappa shape index (κ3) is 2.96. The molecule has 4 nitrogen and oxygen atoms in total. The summed E-state index contributed by atoms with van der Waals surface area (Å²) in [6.07, 6.45) is 8.09. The molecule has 2 N–H and O–H groups in total. The van der Waals surface area contributed by atoms with Gasteiger partial charge in [-0.1, -0.05) is 12.1 Å². The van der Waals surface area contributed by atoms with Gasteiger partial charge in [0.2, 0.25) is 0 Å². The quantitative estimate of drug-likeness (QED) is 0.887. The average molecular weight is 257 g/mol. The molecule has 1 aromatic carbocycles. The molecule has 2 unspecified atom stereocenters. The number of hydrogen-bond donors (Lipinski definition) is 2. The summed E-state index contributed by atoms with van der Waals surface area (Å²) < 4.78 is 2.15. The van der Waals surface area contributed by atoms with Crippen molar-refractivity contribution in [3.05, 3.63) is 48.5 Å². The van der Waals surface area contributed by atoms with E-state index in [9.17, 15) is 5.11 Å². The molecule has 1 aliphatic heterocycles. The molecule has 1 aromatic heterocycles. The van der Waals surface area contributed by atoms with Crippen LogP contribution in [-0.4, -0.2) is 21.2 Å².